The number of nitrogens with one attached hydrogen (secondary N) is 2. The maximum Gasteiger partial charge on any atom is 0.226 e. The second-order valence-electron chi connectivity index (χ2n) is 5.63. The van der Waals surface area contributed by atoms with Gasteiger partial charge in [0.05, 0.1) is 0 Å². The van der Waals surface area contributed by atoms with Crippen molar-refractivity contribution in [2.45, 2.75) is 51.0 Å². The molecule has 0 heterocycles. The number of carbonyl (C=O) groups excluding carboxylic acids is 1. The molecule has 0 saturated heterocycles. The first-order chi connectivity index (χ1) is 9.15. The van der Waals surface area contributed by atoms with Crippen LogP contribution in [0.1, 0.15) is 44.1 Å². The summed E-state index contributed by atoms with van der Waals surface area (Å²) >= 11 is 0. The molecule has 0 aliphatic heterocycles. The van der Waals surface area contributed by atoms with E-state index < -0.39 is 0 Å². The van der Waals surface area contributed by atoms with E-state index in [0.717, 1.165) is 24.1 Å². The third-order valence-corrected chi connectivity index (χ3v) is 4.26. The maximum absolute atomic E-state index is 12.2. The summed E-state index contributed by atoms with van der Waals surface area (Å²) < 4.78 is 0. The molecule has 1 saturated carbocycles. The fraction of sp³-hybridized carbons (Fsp3) is 0.562. The lowest BCUT2D eigenvalue weighted by atomic mass is 9.79. The van der Waals surface area contributed by atoms with Crippen molar-refractivity contribution in [2.75, 3.05) is 12.4 Å². The summed E-state index contributed by atoms with van der Waals surface area (Å²) in [6, 6.07) is 7.92. The first-order valence-electron chi connectivity index (χ1n) is 7.20. The van der Waals surface area contributed by atoms with Crippen molar-refractivity contribution in [1.29, 1.82) is 0 Å². The zero-order valence-electron chi connectivity index (χ0n) is 12.0. The fourth-order valence-electron chi connectivity index (χ4n) is 2.96. The summed E-state index contributed by atoms with van der Waals surface area (Å²) in [7, 11) is 1.98. The average Bonchev–Trinajstić information content (AvgIpc) is 2.42. The molecule has 0 atom stereocenters. The number of aryl methyl sites for hydroxylation is 1. The van der Waals surface area contributed by atoms with Crippen LogP contribution in [0.3, 0.4) is 0 Å². The van der Waals surface area contributed by atoms with Crippen molar-refractivity contribution in [3.05, 3.63) is 29.8 Å². The molecule has 1 aromatic carbocycles. The number of benzene rings is 1. The van der Waals surface area contributed by atoms with E-state index in [0.29, 0.717) is 6.42 Å². The second-order valence-corrected chi connectivity index (χ2v) is 5.63. The van der Waals surface area contributed by atoms with Crippen LogP contribution >= 0.6 is 0 Å². The number of anilines is 1. The number of carbonyl (C=O) groups is 1. The molecule has 1 aromatic rings. The molecule has 19 heavy (non-hydrogen) atoms. The molecule has 0 spiro atoms. The SMILES string of the molecule is CNC1(CC(=O)Nc2ccccc2C)CCCCC1. The zero-order valence-corrected chi connectivity index (χ0v) is 12.0. The van der Waals surface area contributed by atoms with Crippen LogP contribution in [0.25, 0.3) is 0 Å². The van der Waals surface area contributed by atoms with Gasteiger partial charge in [0.2, 0.25) is 5.91 Å². The molecule has 0 bridgehead atoms. The summed E-state index contributed by atoms with van der Waals surface area (Å²) in [5.41, 5.74) is 2.04. The molecular formula is C16H24N2O. The van der Waals surface area contributed by atoms with Crippen LogP contribution in [0.15, 0.2) is 24.3 Å². The van der Waals surface area contributed by atoms with Gasteiger partial charge < -0.3 is 10.6 Å². The van der Waals surface area contributed by atoms with Crippen molar-refractivity contribution < 1.29 is 4.79 Å². The normalized spacial score (nSPS) is 18.0. The highest BCUT2D eigenvalue weighted by atomic mass is 16.1. The average molecular weight is 260 g/mol. The topological polar surface area (TPSA) is 41.1 Å². The molecule has 104 valence electrons. The van der Waals surface area contributed by atoms with E-state index in [4.69, 9.17) is 0 Å². The number of amides is 1. The monoisotopic (exact) mass is 260 g/mol. The smallest absolute Gasteiger partial charge is 0.226 e. The van der Waals surface area contributed by atoms with Crippen LogP contribution in [-0.4, -0.2) is 18.5 Å². The van der Waals surface area contributed by atoms with Crippen LogP contribution < -0.4 is 10.6 Å². The van der Waals surface area contributed by atoms with Gasteiger partial charge in [0.25, 0.3) is 0 Å². The highest BCUT2D eigenvalue weighted by molar-refractivity contribution is 5.92. The first-order valence-corrected chi connectivity index (χ1v) is 7.20. The number of hydrogen-bond acceptors (Lipinski definition) is 2. The minimum atomic E-state index is 0.00498. The Bertz CT molecular complexity index is 436. The predicted octanol–water partition coefficient (Wildman–Crippen LogP) is 3.25. The van der Waals surface area contributed by atoms with E-state index in [2.05, 4.69) is 10.6 Å². The Hall–Kier alpha value is -1.35. The lowest BCUT2D eigenvalue weighted by Crippen LogP contribution is -2.47. The largest absolute Gasteiger partial charge is 0.326 e. The van der Waals surface area contributed by atoms with Gasteiger partial charge in [0.1, 0.15) is 0 Å². The third kappa shape index (κ3) is 3.57. The highest BCUT2D eigenvalue weighted by Crippen LogP contribution is 2.31. The van der Waals surface area contributed by atoms with Crippen LogP contribution in [0.5, 0.6) is 0 Å². The molecule has 2 rings (SSSR count). The van der Waals surface area contributed by atoms with Gasteiger partial charge in [-0.1, -0.05) is 37.5 Å². The summed E-state index contributed by atoms with van der Waals surface area (Å²) in [6.45, 7) is 2.02. The van der Waals surface area contributed by atoms with Crippen molar-refractivity contribution >= 4 is 11.6 Å². The lowest BCUT2D eigenvalue weighted by Gasteiger charge is -2.36. The second kappa shape index (κ2) is 6.20. The molecule has 2 N–H and O–H groups in total. The van der Waals surface area contributed by atoms with Gasteiger partial charge in [0, 0.05) is 17.6 Å². The number of rotatable bonds is 4. The zero-order chi connectivity index (χ0) is 13.7. The van der Waals surface area contributed by atoms with Crippen molar-refractivity contribution in [3.63, 3.8) is 0 Å². The van der Waals surface area contributed by atoms with Gasteiger partial charge in [-0.25, -0.2) is 0 Å². The third-order valence-electron chi connectivity index (χ3n) is 4.26. The summed E-state index contributed by atoms with van der Waals surface area (Å²) in [4.78, 5) is 12.2. The Kier molecular flexibility index (Phi) is 4.59. The Morgan fingerprint density at radius 2 is 1.89 bits per heavy atom. The molecular weight excluding hydrogens is 236 g/mol. The standard InChI is InChI=1S/C16H24N2O/c1-13-8-4-5-9-14(13)18-15(19)12-16(17-2)10-6-3-7-11-16/h4-5,8-9,17H,3,6-7,10-12H2,1-2H3,(H,18,19). The predicted molar refractivity (Wildman–Crippen MR) is 79.3 cm³/mol. The van der Waals surface area contributed by atoms with Crippen LogP contribution in [-0.2, 0) is 4.79 Å². The van der Waals surface area contributed by atoms with E-state index in [1.807, 2.05) is 38.2 Å². The summed E-state index contributed by atoms with van der Waals surface area (Å²) in [6.07, 6.45) is 6.51. The van der Waals surface area contributed by atoms with E-state index in [1.54, 1.807) is 0 Å². The van der Waals surface area contributed by atoms with Crippen molar-refractivity contribution in [3.8, 4) is 0 Å². The minimum absolute atomic E-state index is 0.00498. The summed E-state index contributed by atoms with van der Waals surface area (Å²) in [5, 5.41) is 6.43. The molecule has 1 aliphatic carbocycles. The summed E-state index contributed by atoms with van der Waals surface area (Å²) in [5.74, 6) is 0.116. The molecule has 1 amide bonds. The van der Waals surface area contributed by atoms with Gasteiger partial charge in [-0.2, -0.15) is 0 Å². The van der Waals surface area contributed by atoms with Gasteiger partial charge in [-0.3, -0.25) is 4.79 Å². The molecule has 1 fully saturated rings. The van der Waals surface area contributed by atoms with Crippen LogP contribution in [0.4, 0.5) is 5.69 Å². The van der Waals surface area contributed by atoms with Crippen molar-refractivity contribution in [1.82, 2.24) is 5.32 Å². The molecule has 3 heteroatoms. The van der Waals surface area contributed by atoms with E-state index in [-0.39, 0.29) is 11.4 Å². The fourth-order valence-corrected chi connectivity index (χ4v) is 2.96. The van der Waals surface area contributed by atoms with Gasteiger partial charge in [0.15, 0.2) is 0 Å². The Morgan fingerprint density at radius 3 is 2.53 bits per heavy atom. The molecule has 1 aliphatic rings. The minimum Gasteiger partial charge on any atom is -0.326 e. The first kappa shape index (κ1) is 14.1. The van der Waals surface area contributed by atoms with Crippen molar-refractivity contribution in [2.24, 2.45) is 0 Å². The number of hydrogen-bond donors (Lipinski definition) is 2. The maximum atomic E-state index is 12.2. The van der Waals surface area contributed by atoms with E-state index in [9.17, 15) is 4.79 Å². The molecule has 0 unspecified atom stereocenters. The van der Waals surface area contributed by atoms with Gasteiger partial charge in [-0.05, 0) is 38.4 Å². The van der Waals surface area contributed by atoms with Gasteiger partial charge in [-0.15, -0.1) is 0 Å². The molecule has 3 nitrogen and oxygen atoms in total. The number of para-hydroxylation sites is 1. The van der Waals surface area contributed by atoms with Crippen LogP contribution in [0.2, 0.25) is 0 Å². The van der Waals surface area contributed by atoms with Gasteiger partial charge >= 0.3 is 0 Å². The highest BCUT2D eigenvalue weighted by Gasteiger charge is 2.32. The molecule has 0 aromatic heterocycles. The Morgan fingerprint density at radius 1 is 1.21 bits per heavy atom. The van der Waals surface area contributed by atoms with Crippen LogP contribution in [0, 0.1) is 6.92 Å². The Labute approximate surface area is 115 Å². The lowest BCUT2D eigenvalue weighted by molar-refractivity contribution is -0.117. The molecule has 0 radical (unpaired) electrons. The quantitative estimate of drug-likeness (QED) is 0.872. The Balaban J connectivity index is 1.98. The van der Waals surface area contributed by atoms with E-state index >= 15 is 0 Å². The van der Waals surface area contributed by atoms with E-state index in [1.165, 1.54) is 19.3 Å².